The lowest BCUT2D eigenvalue weighted by Crippen LogP contribution is -2.54. The van der Waals surface area contributed by atoms with Gasteiger partial charge in [0.05, 0.1) is 0 Å². The second kappa shape index (κ2) is 7.97. The molecule has 2 heteroatoms. The van der Waals surface area contributed by atoms with Crippen LogP contribution < -0.4 is 5.32 Å². The SMILES string of the molecule is CCCC1CC(NC2CCCCC2)CN(C2CCCC2)C1. The molecule has 0 aromatic heterocycles. The van der Waals surface area contributed by atoms with Crippen molar-refractivity contribution in [3.05, 3.63) is 0 Å². The molecule has 0 bridgehead atoms. The maximum Gasteiger partial charge on any atom is 0.0200 e. The lowest BCUT2D eigenvalue weighted by molar-refractivity contribution is 0.0883. The molecule has 21 heavy (non-hydrogen) atoms. The van der Waals surface area contributed by atoms with E-state index in [4.69, 9.17) is 0 Å². The molecule has 2 atom stereocenters. The van der Waals surface area contributed by atoms with E-state index in [9.17, 15) is 0 Å². The van der Waals surface area contributed by atoms with Gasteiger partial charge in [0.15, 0.2) is 0 Å². The number of piperidine rings is 1. The Bertz CT molecular complexity index is 292. The average molecular weight is 293 g/mol. The van der Waals surface area contributed by atoms with Gasteiger partial charge in [-0.1, -0.05) is 45.4 Å². The highest BCUT2D eigenvalue weighted by Gasteiger charge is 2.33. The van der Waals surface area contributed by atoms with Gasteiger partial charge in [0.2, 0.25) is 0 Å². The van der Waals surface area contributed by atoms with Crippen LogP contribution in [0.3, 0.4) is 0 Å². The van der Waals surface area contributed by atoms with Crippen molar-refractivity contribution in [1.29, 1.82) is 0 Å². The molecule has 0 aromatic carbocycles. The van der Waals surface area contributed by atoms with Crippen molar-refractivity contribution in [2.24, 2.45) is 5.92 Å². The first-order valence-corrected chi connectivity index (χ1v) is 9.85. The van der Waals surface area contributed by atoms with Crippen molar-refractivity contribution in [1.82, 2.24) is 10.2 Å². The van der Waals surface area contributed by atoms with Crippen molar-refractivity contribution < 1.29 is 0 Å². The molecule has 0 amide bonds. The molecule has 1 saturated heterocycles. The third-order valence-electron chi connectivity index (χ3n) is 6.18. The first-order chi connectivity index (χ1) is 10.3. The molecule has 2 saturated carbocycles. The second-order valence-corrected chi connectivity index (χ2v) is 7.98. The number of hydrogen-bond donors (Lipinski definition) is 1. The molecule has 3 aliphatic rings. The zero-order chi connectivity index (χ0) is 14.5. The maximum absolute atomic E-state index is 4.06. The highest BCUT2D eigenvalue weighted by molar-refractivity contribution is 4.90. The fourth-order valence-corrected chi connectivity index (χ4v) is 5.15. The zero-order valence-electron chi connectivity index (χ0n) is 14.2. The Morgan fingerprint density at radius 3 is 2.29 bits per heavy atom. The fourth-order valence-electron chi connectivity index (χ4n) is 5.15. The van der Waals surface area contributed by atoms with Crippen LogP contribution in [0.2, 0.25) is 0 Å². The van der Waals surface area contributed by atoms with E-state index in [0.717, 1.165) is 24.0 Å². The van der Waals surface area contributed by atoms with Crippen LogP contribution in [0.1, 0.15) is 84.0 Å². The summed E-state index contributed by atoms with van der Waals surface area (Å²) < 4.78 is 0. The van der Waals surface area contributed by atoms with Crippen LogP contribution in [-0.4, -0.2) is 36.1 Å². The fraction of sp³-hybridized carbons (Fsp3) is 1.00. The third kappa shape index (κ3) is 4.45. The van der Waals surface area contributed by atoms with Gasteiger partial charge < -0.3 is 5.32 Å². The van der Waals surface area contributed by atoms with Gasteiger partial charge in [0.25, 0.3) is 0 Å². The first-order valence-electron chi connectivity index (χ1n) is 9.85. The Hall–Kier alpha value is -0.0800. The van der Waals surface area contributed by atoms with E-state index < -0.39 is 0 Å². The van der Waals surface area contributed by atoms with Gasteiger partial charge >= 0.3 is 0 Å². The molecule has 2 nitrogen and oxygen atoms in total. The van der Waals surface area contributed by atoms with E-state index in [-0.39, 0.29) is 0 Å². The predicted molar refractivity (Wildman–Crippen MR) is 90.6 cm³/mol. The monoisotopic (exact) mass is 292 g/mol. The van der Waals surface area contributed by atoms with E-state index in [1.807, 2.05) is 0 Å². The van der Waals surface area contributed by atoms with Gasteiger partial charge in [-0.05, 0) is 44.4 Å². The van der Waals surface area contributed by atoms with Crippen LogP contribution in [0.15, 0.2) is 0 Å². The third-order valence-corrected chi connectivity index (χ3v) is 6.18. The number of likely N-dealkylation sites (tertiary alicyclic amines) is 1. The van der Waals surface area contributed by atoms with Gasteiger partial charge in [-0.25, -0.2) is 0 Å². The standard InChI is InChI=1S/C19H36N2/c1-2-8-16-13-18(20-17-9-4-3-5-10-17)15-21(14-16)19-11-6-7-12-19/h16-20H,2-15H2,1H3. The van der Waals surface area contributed by atoms with Crippen LogP contribution in [-0.2, 0) is 0 Å². The topological polar surface area (TPSA) is 15.3 Å². The number of nitrogens with one attached hydrogen (secondary N) is 1. The normalized spacial score (nSPS) is 33.6. The molecule has 0 aromatic rings. The molecule has 1 aliphatic heterocycles. The highest BCUT2D eigenvalue weighted by atomic mass is 15.2. The second-order valence-electron chi connectivity index (χ2n) is 7.98. The Morgan fingerprint density at radius 2 is 1.57 bits per heavy atom. The lowest BCUT2D eigenvalue weighted by atomic mass is 9.87. The van der Waals surface area contributed by atoms with Gasteiger partial charge in [-0.2, -0.15) is 0 Å². The van der Waals surface area contributed by atoms with Crippen molar-refractivity contribution in [3.63, 3.8) is 0 Å². The Kier molecular flexibility index (Phi) is 5.99. The summed E-state index contributed by atoms with van der Waals surface area (Å²) in [5.41, 5.74) is 0. The summed E-state index contributed by atoms with van der Waals surface area (Å²) >= 11 is 0. The number of rotatable bonds is 5. The van der Waals surface area contributed by atoms with Crippen LogP contribution in [0.5, 0.6) is 0 Å². The number of hydrogen-bond acceptors (Lipinski definition) is 2. The maximum atomic E-state index is 4.06. The van der Waals surface area contributed by atoms with Crippen molar-refractivity contribution >= 4 is 0 Å². The smallest absolute Gasteiger partial charge is 0.0200 e. The van der Waals surface area contributed by atoms with Crippen LogP contribution in [0, 0.1) is 5.92 Å². The van der Waals surface area contributed by atoms with Crippen LogP contribution >= 0.6 is 0 Å². The molecular weight excluding hydrogens is 256 g/mol. The minimum absolute atomic E-state index is 0.777. The molecule has 2 aliphatic carbocycles. The summed E-state index contributed by atoms with van der Waals surface area (Å²) in [6, 6.07) is 2.52. The van der Waals surface area contributed by atoms with E-state index in [1.54, 1.807) is 0 Å². The highest BCUT2D eigenvalue weighted by Crippen LogP contribution is 2.30. The van der Waals surface area contributed by atoms with E-state index in [2.05, 4.69) is 17.1 Å². The zero-order valence-corrected chi connectivity index (χ0v) is 14.2. The minimum atomic E-state index is 0.777. The Balaban J connectivity index is 1.55. The largest absolute Gasteiger partial charge is 0.310 e. The molecule has 1 N–H and O–H groups in total. The molecular formula is C19H36N2. The molecule has 3 fully saturated rings. The van der Waals surface area contributed by atoms with Crippen LogP contribution in [0.4, 0.5) is 0 Å². The van der Waals surface area contributed by atoms with E-state index >= 15 is 0 Å². The molecule has 3 rings (SSSR count). The molecule has 122 valence electrons. The Morgan fingerprint density at radius 1 is 0.857 bits per heavy atom. The summed E-state index contributed by atoms with van der Waals surface area (Å²) in [6.07, 6.45) is 17.3. The quantitative estimate of drug-likeness (QED) is 0.811. The Labute approximate surface area is 132 Å². The van der Waals surface area contributed by atoms with Crippen molar-refractivity contribution in [3.8, 4) is 0 Å². The summed E-state index contributed by atoms with van der Waals surface area (Å²) in [5, 5.41) is 4.06. The average Bonchev–Trinajstić information content (AvgIpc) is 3.03. The summed E-state index contributed by atoms with van der Waals surface area (Å²) in [5.74, 6) is 0.949. The van der Waals surface area contributed by atoms with Gasteiger partial charge in [0.1, 0.15) is 0 Å². The van der Waals surface area contributed by atoms with Crippen LogP contribution in [0.25, 0.3) is 0 Å². The van der Waals surface area contributed by atoms with E-state index in [0.29, 0.717) is 0 Å². The van der Waals surface area contributed by atoms with Gasteiger partial charge in [-0.15, -0.1) is 0 Å². The summed E-state index contributed by atoms with van der Waals surface area (Å²) in [4.78, 5) is 2.87. The molecule has 0 spiro atoms. The minimum Gasteiger partial charge on any atom is -0.310 e. The van der Waals surface area contributed by atoms with Crippen molar-refractivity contribution in [2.75, 3.05) is 13.1 Å². The van der Waals surface area contributed by atoms with E-state index in [1.165, 1.54) is 90.1 Å². The summed E-state index contributed by atoms with van der Waals surface area (Å²) in [7, 11) is 0. The summed E-state index contributed by atoms with van der Waals surface area (Å²) in [6.45, 7) is 5.08. The van der Waals surface area contributed by atoms with Gasteiger partial charge in [-0.3, -0.25) is 4.90 Å². The van der Waals surface area contributed by atoms with Gasteiger partial charge in [0, 0.05) is 31.2 Å². The number of nitrogens with zero attached hydrogens (tertiary/aromatic N) is 1. The van der Waals surface area contributed by atoms with Crippen molar-refractivity contribution in [2.45, 2.75) is 102 Å². The molecule has 0 radical (unpaired) electrons. The predicted octanol–water partition coefficient (Wildman–Crippen LogP) is 4.34. The molecule has 2 unspecified atom stereocenters. The molecule has 1 heterocycles. The lowest BCUT2D eigenvalue weighted by Gasteiger charge is -2.43. The first kappa shape index (κ1) is 15.8.